The molecule has 6 nitrogen and oxygen atoms in total. The van der Waals surface area contributed by atoms with Gasteiger partial charge in [0.2, 0.25) is 0 Å². The molecule has 0 aromatic heterocycles. The van der Waals surface area contributed by atoms with Crippen molar-refractivity contribution in [1.82, 2.24) is 15.5 Å². The molecule has 1 aromatic carbocycles. The second kappa shape index (κ2) is 12.0. The average Bonchev–Trinajstić information content (AvgIpc) is 2.69. The molecule has 1 aliphatic rings. The van der Waals surface area contributed by atoms with E-state index >= 15 is 0 Å². The van der Waals surface area contributed by atoms with E-state index in [9.17, 15) is 18.3 Å². The summed E-state index contributed by atoms with van der Waals surface area (Å²) in [5, 5.41) is 16.0. The zero-order valence-electron chi connectivity index (χ0n) is 17.8. The first-order valence-electron chi connectivity index (χ1n) is 10.5. The molecule has 0 radical (unpaired) electrons. The zero-order chi connectivity index (χ0) is 22.0. The highest BCUT2D eigenvalue weighted by atomic mass is 19.4. The van der Waals surface area contributed by atoms with Gasteiger partial charge in [0, 0.05) is 31.7 Å². The number of guanidine groups is 1. The monoisotopic (exact) mass is 430 g/mol. The van der Waals surface area contributed by atoms with Gasteiger partial charge in [-0.3, -0.25) is 0 Å². The summed E-state index contributed by atoms with van der Waals surface area (Å²) in [6.07, 6.45) is -1.96. The molecule has 0 saturated carbocycles. The molecule has 9 heteroatoms. The standard InChI is InChI=1S/C21H33F3N4O2/c1-3-25-20(26-9-4-10-28-11-7-18(29)8-12-28)27-14-17-6-5-16(2)13-19(17)30-15-21(22,23)24/h5-6,13,18,29H,3-4,7-12,14-15H2,1-2H3,(H2,25,26,27). The Morgan fingerprint density at radius 2 is 2.00 bits per heavy atom. The van der Waals surface area contributed by atoms with Gasteiger partial charge in [0.05, 0.1) is 12.6 Å². The highest BCUT2D eigenvalue weighted by Gasteiger charge is 2.28. The van der Waals surface area contributed by atoms with E-state index in [0.717, 1.165) is 51.0 Å². The van der Waals surface area contributed by atoms with E-state index in [2.05, 4.69) is 20.5 Å². The number of hydrogen-bond acceptors (Lipinski definition) is 4. The van der Waals surface area contributed by atoms with E-state index in [1.165, 1.54) is 0 Å². The van der Waals surface area contributed by atoms with Crippen LogP contribution >= 0.6 is 0 Å². The lowest BCUT2D eigenvalue weighted by Gasteiger charge is -2.29. The highest BCUT2D eigenvalue weighted by Crippen LogP contribution is 2.24. The van der Waals surface area contributed by atoms with Gasteiger partial charge in [0.15, 0.2) is 12.6 Å². The molecule has 0 amide bonds. The summed E-state index contributed by atoms with van der Waals surface area (Å²) in [5.41, 5.74) is 1.43. The van der Waals surface area contributed by atoms with Crippen molar-refractivity contribution < 1.29 is 23.0 Å². The Morgan fingerprint density at radius 1 is 1.27 bits per heavy atom. The van der Waals surface area contributed by atoms with Crippen LogP contribution in [0, 0.1) is 6.92 Å². The Labute approximate surface area is 176 Å². The Hall–Kier alpha value is -2.00. The minimum atomic E-state index is -4.38. The van der Waals surface area contributed by atoms with Crippen LogP contribution in [0.2, 0.25) is 0 Å². The first kappa shape index (κ1) is 24.3. The molecule has 1 fully saturated rings. The number of rotatable bonds is 9. The maximum atomic E-state index is 12.5. The van der Waals surface area contributed by atoms with Crippen LogP contribution in [0.1, 0.15) is 37.3 Å². The predicted molar refractivity (Wildman–Crippen MR) is 112 cm³/mol. The van der Waals surface area contributed by atoms with Crippen molar-refractivity contribution in [2.75, 3.05) is 39.3 Å². The van der Waals surface area contributed by atoms with Crippen LogP contribution in [-0.4, -0.2) is 67.6 Å². The average molecular weight is 431 g/mol. The Kier molecular flexibility index (Phi) is 9.71. The summed E-state index contributed by atoms with van der Waals surface area (Å²) in [5.74, 6) is 0.827. The van der Waals surface area contributed by atoms with Crippen LogP contribution in [0.3, 0.4) is 0 Å². The second-order valence-corrected chi connectivity index (χ2v) is 7.56. The minimum Gasteiger partial charge on any atom is -0.484 e. The van der Waals surface area contributed by atoms with Gasteiger partial charge >= 0.3 is 6.18 Å². The number of nitrogens with zero attached hydrogens (tertiary/aromatic N) is 2. The van der Waals surface area contributed by atoms with Crippen molar-refractivity contribution in [3.8, 4) is 5.75 Å². The lowest BCUT2D eigenvalue weighted by Crippen LogP contribution is -2.40. The van der Waals surface area contributed by atoms with Gasteiger partial charge in [0.1, 0.15) is 5.75 Å². The molecule has 2 rings (SSSR count). The van der Waals surface area contributed by atoms with Crippen LogP contribution in [-0.2, 0) is 6.54 Å². The van der Waals surface area contributed by atoms with E-state index in [0.29, 0.717) is 18.1 Å². The number of alkyl halides is 3. The normalized spacial score (nSPS) is 16.5. The molecule has 0 atom stereocenters. The smallest absolute Gasteiger partial charge is 0.422 e. The van der Waals surface area contributed by atoms with Gasteiger partial charge in [-0.2, -0.15) is 13.2 Å². The van der Waals surface area contributed by atoms with Crippen molar-refractivity contribution in [3.05, 3.63) is 29.3 Å². The third-order valence-electron chi connectivity index (χ3n) is 4.87. The summed E-state index contributed by atoms with van der Waals surface area (Å²) in [4.78, 5) is 6.84. The number of benzene rings is 1. The molecule has 0 aliphatic carbocycles. The topological polar surface area (TPSA) is 69.1 Å². The number of aliphatic imine (C=N–C) groups is 1. The van der Waals surface area contributed by atoms with E-state index in [4.69, 9.17) is 4.74 Å². The Morgan fingerprint density at radius 3 is 2.67 bits per heavy atom. The molecular formula is C21H33F3N4O2. The highest BCUT2D eigenvalue weighted by molar-refractivity contribution is 5.79. The SMILES string of the molecule is CCNC(=NCc1ccc(C)cc1OCC(F)(F)F)NCCCN1CCC(O)CC1. The zero-order valence-corrected chi connectivity index (χ0v) is 17.8. The molecular weight excluding hydrogens is 397 g/mol. The number of likely N-dealkylation sites (tertiary alicyclic amines) is 1. The van der Waals surface area contributed by atoms with Crippen LogP contribution in [0.25, 0.3) is 0 Å². The molecule has 170 valence electrons. The number of nitrogens with one attached hydrogen (secondary N) is 2. The second-order valence-electron chi connectivity index (χ2n) is 7.56. The summed E-state index contributed by atoms with van der Waals surface area (Å²) in [6, 6.07) is 5.19. The van der Waals surface area contributed by atoms with Gasteiger partial charge in [0.25, 0.3) is 0 Å². The Balaban J connectivity index is 1.87. The fourth-order valence-corrected chi connectivity index (χ4v) is 3.24. The van der Waals surface area contributed by atoms with E-state index < -0.39 is 12.8 Å². The first-order chi connectivity index (χ1) is 14.3. The number of halogens is 3. The lowest BCUT2D eigenvalue weighted by molar-refractivity contribution is -0.153. The quantitative estimate of drug-likeness (QED) is 0.319. The summed E-state index contributed by atoms with van der Waals surface area (Å²) < 4.78 is 42.6. The number of aliphatic hydroxyl groups excluding tert-OH is 1. The van der Waals surface area contributed by atoms with Gasteiger partial charge in [-0.15, -0.1) is 0 Å². The van der Waals surface area contributed by atoms with Crippen LogP contribution in [0.15, 0.2) is 23.2 Å². The fraction of sp³-hybridized carbons (Fsp3) is 0.667. The molecule has 30 heavy (non-hydrogen) atoms. The maximum Gasteiger partial charge on any atom is 0.422 e. The largest absolute Gasteiger partial charge is 0.484 e. The third kappa shape index (κ3) is 9.21. The van der Waals surface area contributed by atoms with Gasteiger partial charge in [-0.1, -0.05) is 12.1 Å². The number of hydrogen-bond donors (Lipinski definition) is 3. The van der Waals surface area contributed by atoms with Crippen LogP contribution in [0.5, 0.6) is 5.75 Å². The van der Waals surface area contributed by atoms with Crippen LogP contribution < -0.4 is 15.4 Å². The number of aliphatic hydroxyl groups is 1. The molecule has 3 N–H and O–H groups in total. The number of ether oxygens (including phenoxy) is 1. The Bertz CT molecular complexity index is 675. The summed E-state index contributed by atoms with van der Waals surface area (Å²) in [7, 11) is 0. The third-order valence-corrected chi connectivity index (χ3v) is 4.87. The molecule has 0 spiro atoms. The lowest BCUT2D eigenvalue weighted by atomic mass is 10.1. The van der Waals surface area contributed by atoms with E-state index in [1.807, 2.05) is 19.9 Å². The van der Waals surface area contributed by atoms with Crippen molar-refractivity contribution in [1.29, 1.82) is 0 Å². The van der Waals surface area contributed by atoms with Crippen molar-refractivity contribution >= 4 is 5.96 Å². The number of piperidine rings is 1. The van der Waals surface area contributed by atoms with Crippen LogP contribution in [0.4, 0.5) is 13.2 Å². The molecule has 1 aliphatic heterocycles. The molecule has 1 aromatic rings. The van der Waals surface area contributed by atoms with Crippen molar-refractivity contribution in [3.63, 3.8) is 0 Å². The maximum absolute atomic E-state index is 12.5. The summed E-state index contributed by atoms with van der Waals surface area (Å²) in [6.45, 7) is 6.87. The molecule has 0 bridgehead atoms. The fourth-order valence-electron chi connectivity index (χ4n) is 3.24. The van der Waals surface area contributed by atoms with E-state index in [-0.39, 0.29) is 18.4 Å². The molecule has 1 saturated heterocycles. The molecule has 1 heterocycles. The van der Waals surface area contributed by atoms with Crippen molar-refractivity contribution in [2.24, 2.45) is 4.99 Å². The number of aryl methyl sites for hydroxylation is 1. The first-order valence-corrected chi connectivity index (χ1v) is 10.5. The van der Waals surface area contributed by atoms with Gasteiger partial charge in [-0.05, 0) is 51.3 Å². The van der Waals surface area contributed by atoms with Crippen molar-refractivity contribution in [2.45, 2.75) is 51.9 Å². The molecule has 0 unspecified atom stereocenters. The van der Waals surface area contributed by atoms with Gasteiger partial charge in [-0.25, -0.2) is 4.99 Å². The minimum absolute atomic E-state index is 0.168. The van der Waals surface area contributed by atoms with E-state index in [1.54, 1.807) is 12.1 Å². The van der Waals surface area contributed by atoms with Gasteiger partial charge < -0.3 is 25.4 Å². The predicted octanol–water partition coefficient (Wildman–Crippen LogP) is 2.84. The summed E-state index contributed by atoms with van der Waals surface area (Å²) >= 11 is 0.